The predicted molar refractivity (Wildman–Crippen MR) is 282 cm³/mol. The molecule has 5 aromatic carbocycles. The fraction of sp³-hybridized carbons (Fsp3) is 0.351. The number of amides is 6. The molecule has 17 nitrogen and oxygen atoms in total. The maximum absolute atomic E-state index is 13.8. The van der Waals surface area contributed by atoms with E-state index in [4.69, 9.17) is 20.9 Å². The van der Waals surface area contributed by atoms with Crippen LogP contribution in [0.2, 0.25) is 0 Å². The van der Waals surface area contributed by atoms with E-state index < -0.39 is 66.4 Å². The number of aliphatic hydroxyl groups is 1. The highest BCUT2D eigenvalue weighted by molar-refractivity contribution is 6.09. The third kappa shape index (κ3) is 19.8. The number of carbonyl (C=O) groups is 7. The number of fused-ring (bicyclic) bond motifs is 1. The van der Waals surface area contributed by atoms with Crippen LogP contribution in [0.5, 0.6) is 0 Å². The lowest BCUT2D eigenvalue weighted by molar-refractivity contribution is -0.134. The van der Waals surface area contributed by atoms with Crippen LogP contribution in [0, 0.1) is 0 Å². The smallest absolute Gasteiger partial charge is 0.251 e. The molecule has 17 heteroatoms. The van der Waals surface area contributed by atoms with Gasteiger partial charge in [-0.15, -0.1) is 6.58 Å². The molecule has 6 amide bonds. The summed E-state index contributed by atoms with van der Waals surface area (Å²) in [6, 6.07) is 34.0. The predicted octanol–water partition coefficient (Wildman–Crippen LogP) is 3.52. The molecular formula is C57H69N7O10. The Kier molecular flexibility index (Phi) is 24.1. The van der Waals surface area contributed by atoms with Crippen LogP contribution in [-0.2, 0) is 57.5 Å². The summed E-state index contributed by atoms with van der Waals surface area (Å²) < 4.78 is 11.2. The summed E-state index contributed by atoms with van der Waals surface area (Å²) in [6.45, 7) is 3.76. The summed E-state index contributed by atoms with van der Waals surface area (Å²) in [6.07, 6.45) is 3.60. The molecule has 0 bridgehead atoms. The van der Waals surface area contributed by atoms with E-state index in [9.17, 15) is 38.7 Å². The summed E-state index contributed by atoms with van der Waals surface area (Å²) in [5.74, 6) is -3.58. The molecule has 0 heterocycles. The van der Waals surface area contributed by atoms with Crippen molar-refractivity contribution in [3.8, 4) is 0 Å². The van der Waals surface area contributed by atoms with Crippen LogP contribution in [0.4, 0.5) is 0 Å². The SMILES string of the molecule is C=CCCCC(=O)NCCCC[C@H](NC(=O)[C@H](Cc1ccc(C(=O)c2ccccc2)cc1)NC(=O)COCCOCCNC(=O)[C@H](Cc1ccc2ccccc2c1)NC(=O)[C@@H](O)[C@H](N)Cc1ccccc1)C(N)=O. The molecule has 0 fully saturated rings. The van der Waals surface area contributed by atoms with Crippen molar-refractivity contribution in [3.63, 3.8) is 0 Å². The van der Waals surface area contributed by atoms with E-state index >= 15 is 0 Å². The first-order chi connectivity index (χ1) is 35.8. The molecule has 5 rings (SSSR count). The molecule has 5 atom stereocenters. The Morgan fingerprint density at radius 1 is 0.568 bits per heavy atom. The Hall–Kier alpha value is -7.57. The standard InChI is InChI=1S/C57H69N7O10/c1-2-3-6-22-50(65)60-29-14-13-21-47(54(59)69)63-56(71)49(36-40-23-27-44(28-24-40)52(67)43-18-9-5-10-19-43)62-51(66)38-74-33-32-73-31-30-61-55(70)48(37-41-25-26-42-17-11-12-20-45(42)34-41)64-57(72)53(68)46(58)35-39-15-7-4-8-16-39/h2,4-5,7-12,15-20,23-28,34,46-49,53,68H,1,3,6,13-14,21-22,29-33,35-38,58H2,(H2,59,69)(H,60,65)(H,61,70)(H,62,66)(H,63,71)(H,64,72)/t46-,47+,48+,49+,53+/m1/s1. The molecule has 0 spiro atoms. The third-order valence-corrected chi connectivity index (χ3v) is 12.1. The Morgan fingerprint density at radius 2 is 1.18 bits per heavy atom. The van der Waals surface area contributed by atoms with Gasteiger partial charge in [0, 0.05) is 49.5 Å². The molecule has 392 valence electrons. The van der Waals surface area contributed by atoms with Gasteiger partial charge < -0.3 is 52.6 Å². The van der Waals surface area contributed by atoms with Gasteiger partial charge in [-0.1, -0.05) is 133 Å². The van der Waals surface area contributed by atoms with E-state index in [1.807, 2.05) is 78.9 Å². The number of rotatable bonds is 33. The first-order valence-corrected chi connectivity index (χ1v) is 25.0. The van der Waals surface area contributed by atoms with Crippen molar-refractivity contribution in [1.82, 2.24) is 26.6 Å². The van der Waals surface area contributed by atoms with Crippen LogP contribution < -0.4 is 38.1 Å². The van der Waals surface area contributed by atoms with Crippen molar-refractivity contribution in [3.05, 3.63) is 168 Å². The molecule has 0 unspecified atom stereocenters. The molecule has 0 aliphatic heterocycles. The lowest BCUT2D eigenvalue weighted by Crippen LogP contribution is -2.54. The highest BCUT2D eigenvalue weighted by Gasteiger charge is 2.29. The number of carbonyl (C=O) groups excluding carboxylic acids is 7. The van der Waals surface area contributed by atoms with Gasteiger partial charge in [0.1, 0.15) is 30.8 Å². The average molecular weight is 1010 g/mol. The Labute approximate surface area is 432 Å². The van der Waals surface area contributed by atoms with Crippen molar-refractivity contribution in [2.45, 2.75) is 88.1 Å². The average Bonchev–Trinajstić information content (AvgIpc) is 3.40. The number of allylic oxidation sites excluding steroid dienone is 1. The van der Waals surface area contributed by atoms with Crippen molar-refractivity contribution in [2.24, 2.45) is 11.5 Å². The van der Waals surface area contributed by atoms with Gasteiger partial charge in [0.25, 0.3) is 5.91 Å². The summed E-state index contributed by atoms with van der Waals surface area (Å²) in [7, 11) is 0. The molecule has 0 radical (unpaired) electrons. The lowest BCUT2D eigenvalue weighted by Gasteiger charge is -2.23. The lowest BCUT2D eigenvalue weighted by atomic mass is 9.99. The molecule has 5 aromatic rings. The van der Waals surface area contributed by atoms with Gasteiger partial charge >= 0.3 is 0 Å². The fourth-order valence-electron chi connectivity index (χ4n) is 8.00. The maximum atomic E-state index is 13.8. The number of nitrogens with one attached hydrogen (secondary N) is 5. The third-order valence-electron chi connectivity index (χ3n) is 12.1. The largest absolute Gasteiger partial charge is 0.382 e. The second-order valence-electron chi connectivity index (χ2n) is 17.9. The van der Waals surface area contributed by atoms with Crippen LogP contribution >= 0.6 is 0 Å². The van der Waals surface area contributed by atoms with Gasteiger partial charge in [-0.2, -0.15) is 0 Å². The zero-order chi connectivity index (χ0) is 53.1. The Balaban J connectivity index is 1.10. The highest BCUT2D eigenvalue weighted by Crippen LogP contribution is 2.18. The van der Waals surface area contributed by atoms with Gasteiger partial charge in [0.15, 0.2) is 5.78 Å². The monoisotopic (exact) mass is 1010 g/mol. The summed E-state index contributed by atoms with van der Waals surface area (Å²) in [5.41, 5.74) is 15.1. The van der Waals surface area contributed by atoms with Gasteiger partial charge in [0.2, 0.25) is 29.5 Å². The molecule has 74 heavy (non-hydrogen) atoms. The molecule has 0 aromatic heterocycles. The summed E-state index contributed by atoms with van der Waals surface area (Å²) in [5, 5.41) is 26.5. The fourth-order valence-corrected chi connectivity index (χ4v) is 8.00. The Bertz CT molecular complexity index is 2620. The van der Waals surface area contributed by atoms with Crippen LogP contribution in [0.1, 0.15) is 71.1 Å². The van der Waals surface area contributed by atoms with Crippen LogP contribution in [-0.4, -0.2) is 116 Å². The van der Waals surface area contributed by atoms with Crippen LogP contribution in [0.25, 0.3) is 10.8 Å². The minimum atomic E-state index is -1.58. The number of ketones is 1. The van der Waals surface area contributed by atoms with Crippen molar-refractivity contribution in [2.75, 3.05) is 39.5 Å². The molecular weight excluding hydrogens is 943 g/mol. The van der Waals surface area contributed by atoms with Gasteiger partial charge in [0.05, 0.1) is 19.8 Å². The summed E-state index contributed by atoms with van der Waals surface area (Å²) in [4.78, 5) is 91.4. The quantitative estimate of drug-likeness (QED) is 0.0171. The number of hydrogen-bond donors (Lipinski definition) is 8. The number of ether oxygens (including phenoxy) is 2. The number of aliphatic hydroxyl groups excluding tert-OH is 1. The summed E-state index contributed by atoms with van der Waals surface area (Å²) >= 11 is 0. The second kappa shape index (κ2) is 31.1. The molecule has 10 N–H and O–H groups in total. The van der Waals surface area contributed by atoms with E-state index in [-0.39, 0.29) is 63.7 Å². The van der Waals surface area contributed by atoms with E-state index in [2.05, 4.69) is 33.2 Å². The first kappa shape index (κ1) is 57.3. The van der Waals surface area contributed by atoms with Gasteiger partial charge in [-0.3, -0.25) is 33.6 Å². The zero-order valence-corrected chi connectivity index (χ0v) is 41.7. The normalized spacial score (nSPS) is 13.1. The maximum Gasteiger partial charge on any atom is 0.251 e. The molecule has 0 aliphatic rings. The molecule has 0 saturated heterocycles. The van der Waals surface area contributed by atoms with Gasteiger partial charge in [-0.05, 0) is 66.0 Å². The highest BCUT2D eigenvalue weighted by atomic mass is 16.5. The first-order valence-electron chi connectivity index (χ1n) is 25.0. The van der Waals surface area contributed by atoms with Crippen LogP contribution in [0.15, 0.2) is 140 Å². The van der Waals surface area contributed by atoms with E-state index in [0.29, 0.717) is 48.9 Å². The zero-order valence-electron chi connectivity index (χ0n) is 41.7. The number of primary amides is 1. The van der Waals surface area contributed by atoms with E-state index in [0.717, 1.165) is 28.3 Å². The number of unbranched alkanes of at least 4 members (excludes halogenated alkanes) is 2. The van der Waals surface area contributed by atoms with E-state index in [1.54, 1.807) is 54.6 Å². The number of benzene rings is 5. The Morgan fingerprint density at radius 3 is 1.89 bits per heavy atom. The van der Waals surface area contributed by atoms with Gasteiger partial charge in [-0.25, -0.2) is 0 Å². The van der Waals surface area contributed by atoms with Crippen molar-refractivity contribution < 1.29 is 48.1 Å². The second-order valence-corrected chi connectivity index (χ2v) is 17.9. The van der Waals surface area contributed by atoms with Crippen molar-refractivity contribution in [1.29, 1.82) is 0 Å². The van der Waals surface area contributed by atoms with Crippen LogP contribution in [0.3, 0.4) is 0 Å². The van der Waals surface area contributed by atoms with E-state index in [1.165, 1.54) is 0 Å². The number of nitrogens with two attached hydrogens (primary N) is 2. The minimum Gasteiger partial charge on any atom is -0.382 e. The molecule has 0 saturated carbocycles. The number of hydrogen-bond acceptors (Lipinski definition) is 11. The minimum absolute atomic E-state index is 0.00471. The topological polar surface area (TPSA) is 270 Å². The molecule has 0 aliphatic carbocycles. The van der Waals surface area contributed by atoms with Crippen molar-refractivity contribution >= 4 is 52.0 Å².